The molecule has 0 radical (unpaired) electrons. The van der Waals surface area contributed by atoms with Crippen molar-refractivity contribution in [3.63, 3.8) is 0 Å². The fourth-order valence-corrected chi connectivity index (χ4v) is 2.07. The van der Waals surface area contributed by atoms with Gasteiger partial charge in [-0.2, -0.15) is 5.10 Å². The van der Waals surface area contributed by atoms with Crippen LogP contribution in [0.15, 0.2) is 20.8 Å². The second kappa shape index (κ2) is 3.62. The lowest BCUT2D eigenvalue weighted by Crippen LogP contribution is -2.16. The molecule has 1 atom stereocenters. The number of rotatable bonds is 1. The average molecular weight is 242 g/mol. The summed E-state index contributed by atoms with van der Waals surface area (Å²) in [6.45, 7) is 1.04. The van der Waals surface area contributed by atoms with E-state index in [9.17, 15) is 0 Å². The maximum Gasteiger partial charge on any atom is 0.0486 e. The third-order valence-electron chi connectivity index (χ3n) is 2.31. The van der Waals surface area contributed by atoms with Crippen LogP contribution in [0.1, 0.15) is 12.8 Å². The molecule has 2 aliphatic heterocycles. The van der Waals surface area contributed by atoms with Crippen molar-refractivity contribution in [2.75, 3.05) is 13.6 Å². The van der Waals surface area contributed by atoms with E-state index in [-0.39, 0.29) is 0 Å². The monoisotopic (exact) mass is 241 g/mol. The maximum atomic E-state index is 4.46. The van der Waals surface area contributed by atoms with Crippen molar-refractivity contribution in [3.8, 4) is 0 Å². The normalized spacial score (nSPS) is 27.5. The van der Waals surface area contributed by atoms with Gasteiger partial charge in [-0.15, -0.1) is 0 Å². The van der Waals surface area contributed by atoms with Gasteiger partial charge in [-0.1, -0.05) is 15.9 Å². The molecule has 3 nitrogen and oxygen atoms in total. The first kappa shape index (κ1) is 8.94. The van der Waals surface area contributed by atoms with E-state index in [2.05, 4.69) is 26.0 Å². The number of nitrogens with zero attached hydrogens (tertiary/aromatic N) is 3. The molecule has 0 amide bonds. The van der Waals surface area contributed by atoms with Gasteiger partial charge in [0.15, 0.2) is 0 Å². The van der Waals surface area contributed by atoms with Gasteiger partial charge in [0.1, 0.15) is 0 Å². The Morgan fingerprint density at radius 3 is 3.08 bits per heavy atom. The Balaban J connectivity index is 2.07. The van der Waals surface area contributed by atoms with Crippen LogP contribution >= 0.6 is 15.9 Å². The predicted molar refractivity (Wildman–Crippen MR) is 58.3 cm³/mol. The molecule has 0 saturated carbocycles. The van der Waals surface area contributed by atoms with Gasteiger partial charge in [0.2, 0.25) is 0 Å². The number of hydrogen-bond donors (Lipinski definition) is 0. The quantitative estimate of drug-likeness (QED) is 0.691. The minimum Gasteiger partial charge on any atom is -0.300 e. The van der Waals surface area contributed by atoms with Crippen molar-refractivity contribution < 1.29 is 0 Å². The Kier molecular flexibility index (Phi) is 2.49. The van der Waals surface area contributed by atoms with E-state index < -0.39 is 0 Å². The fourth-order valence-electron chi connectivity index (χ4n) is 1.60. The van der Waals surface area contributed by atoms with Crippen molar-refractivity contribution in [1.82, 2.24) is 5.01 Å². The minimum atomic E-state index is 0.407. The summed E-state index contributed by atoms with van der Waals surface area (Å²) in [5.41, 5.74) is 1.26. The molecule has 2 heterocycles. The molecule has 0 N–H and O–H groups in total. The highest BCUT2D eigenvalue weighted by atomic mass is 79.9. The highest BCUT2D eigenvalue weighted by Crippen LogP contribution is 2.24. The Hall–Kier alpha value is -0.640. The number of allylic oxidation sites excluding steroid dienone is 1. The second-order valence-corrected chi connectivity index (χ2v) is 4.43. The van der Waals surface area contributed by atoms with Crippen LogP contribution in [0.3, 0.4) is 0 Å². The summed E-state index contributed by atoms with van der Waals surface area (Å²) in [5.74, 6) is 0.407. The second-order valence-electron chi connectivity index (χ2n) is 3.41. The summed E-state index contributed by atoms with van der Waals surface area (Å²) in [4.78, 5) is 4.18. The summed E-state index contributed by atoms with van der Waals surface area (Å²) in [7, 11) is 2.01. The first-order valence-electron chi connectivity index (χ1n) is 4.42. The van der Waals surface area contributed by atoms with E-state index in [1.807, 2.05) is 24.5 Å². The van der Waals surface area contributed by atoms with Gasteiger partial charge in [0, 0.05) is 48.5 Å². The zero-order valence-corrected chi connectivity index (χ0v) is 9.16. The third kappa shape index (κ3) is 1.99. The summed E-state index contributed by atoms with van der Waals surface area (Å²) < 4.78 is 1.16. The van der Waals surface area contributed by atoms with Gasteiger partial charge >= 0.3 is 0 Å². The molecule has 4 heteroatoms. The molecule has 0 aromatic heterocycles. The lowest BCUT2D eigenvalue weighted by Gasteiger charge is -2.13. The minimum absolute atomic E-state index is 0.407. The molecular weight excluding hydrogens is 230 g/mol. The Bertz CT molecular complexity index is 293. The van der Waals surface area contributed by atoms with Crippen LogP contribution in [-0.2, 0) is 0 Å². The first-order valence-corrected chi connectivity index (χ1v) is 5.21. The zero-order chi connectivity index (χ0) is 9.26. The maximum absolute atomic E-state index is 4.46. The van der Waals surface area contributed by atoms with Crippen LogP contribution in [-0.4, -0.2) is 30.5 Å². The summed E-state index contributed by atoms with van der Waals surface area (Å²) in [6.07, 6.45) is 5.93. The zero-order valence-electron chi connectivity index (χ0n) is 7.57. The molecule has 0 aliphatic carbocycles. The lowest BCUT2D eigenvalue weighted by molar-refractivity contribution is 0.392. The molecule has 0 bridgehead atoms. The number of halogens is 1. The molecule has 1 unspecified atom stereocenters. The van der Waals surface area contributed by atoms with Crippen LogP contribution in [0.4, 0.5) is 0 Å². The smallest absolute Gasteiger partial charge is 0.0486 e. The Labute approximate surface area is 86.3 Å². The lowest BCUT2D eigenvalue weighted by atomic mass is 9.98. The highest BCUT2D eigenvalue weighted by Gasteiger charge is 2.21. The molecule has 2 aliphatic rings. The van der Waals surface area contributed by atoms with Crippen molar-refractivity contribution >= 4 is 27.9 Å². The van der Waals surface area contributed by atoms with Gasteiger partial charge in [0.25, 0.3) is 0 Å². The van der Waals surface area contributed by atoms with Gasteiger partial charge in [-0.25, -0.2) is 0 Å². The topological polar surface area (TPSA) is 28.0 Å². The van der Waals surface area contributed by atoms with E-state index in [0.717, 1.165) is 23.9 Å². The molecule has 0 aromatic rings. The van der Waals surface area contributed by atoms with E-state index in [1.165, 1.54) is 5.71 Å². The standard InChI is InChI=1S/C9H12BrN3/c1-13-3-2-9(12-13)7-4-8(10)6-11-5-7/h5-7H,2-4H2,1H3. The molecule has 0 fully saturated rings. The van der Waals surface area contributed by atoms with Gasteiger partial charge in [-0.05, 0) is 6.42 Å². The number of hydrazone groups is 1. The van der Waals surface area contributed by atoms with Crippen LogP contribution < -0.4 is 0 Å². The SMILES string of the molecule is CN1CCC(C2C=NC=C(Br)C2)=N1. The molecule has 0 saturated heterocycles. The van der Waals surface area contributed by atoms with Crippen molar-refractivity contribution in [3.05, 3.63) is 10.7 Å². The average Bonchev–Trinajstić information content (AvgIpc) is 2.52. The van der Waals surface area contributed by atoms with Gasteiger partial charge in [0.05, 0.1) is 0 Å². The molecule has 0 aromatic carbocycles. The van der Waals surface area contributed by atoms with Gasteiger partial charge < -0.3 is 0 Å². The van der Waals surface area contributed by atoms with Crippen LogP contribution in [0, 0.1) is 5.92 Å². The van der Waals surface area contributed by atoms with Gasteiger partial charge in [-0.3, -0.25) is 10.0 Å². The molecular formula is C9H12BrN3. The number of aliphatic imine (C=N–C) groups is 1. The molecule has 2 rings (SSSR count). The summed E-state index contributed by atoms with van der Waals surface area (Å²) in [5, 5.41) is 6.45. The van der Waals surface area contributed by atoms with E-state index in [0.29, 0.717) is 5.92 Å². The Morgan fingerprint density at radius 2 is 2.46 bits per heavy atom. The van der Waals surface area contributed by atoms with E-state index in [1.54, 1.807) is 0 Å². The summed E-state index contributed by atoms with van der Waals surface area (Å²) in [6, 6.07) is 0. The predicted octanol–water partition coefficient (Wildman–Crippen LogP) is 2.00. The van der Waals surface area contributed by atoms with E-state index >= 15 is 0 Å². The van der Waals surface area contributed by atoms with Crippen LogP contribution in [0.25, 0.3) is 0 Å². The van der Waals surface area contributed by atoms with E-state index in [4.69, 9.17) is 0 Å². The number of hydrogen-bond acceptors (Lipinski definition) is 3. The van der Waals surface area contributed by atoms with Crippen LogP contribution in [0.5, 0.6) is 0 Å². The third-order valence-corrected chi connectivity index (χ3v) is 2.84. The Morgan fingerprint density at radius 1 is 1.62 bits per heavy atom. The highest BCUT2D eigenvalue weighted by molar-refractivity contribution is 9.11. The largest absolute Gasteiger partial charge is 0.300 e. The van der Waals surface area contributed by atoms with Crippen molar-refractivity contribution in [2.24, 2.45) is 16.0 Å². The molecule has 70 valence electrons. The molecule has 13 heavy (non-hydrogen) atoms. The van der Waals surface area contributed by atoms with Crippen molar-refractivity contribution in [1.29, 1.82) is 0 Å². The first-order chi connectivity index (χ1) is 6.25. The van der Waals surface area contributed by atoms with Crippen LogP contribution in [0.2, 0.25) is 0 Å². The van der Waals surface area contributed by atoms with Crippen molar-refractivity contribution in [2.45, 2.75) is 12.8 Å². The fraction of sp³-hybridized carbons (Fsp3) is 0.556. The molecule has 0 spiro atoms. The summed E-state index contributed by atoms with van der Waals surface area (Å²) >= 11 is 3.47.